The Morgan fingerprint density at radius 3 is 2.70 bits per heavy atom. The summed E-state index contributed by atoms with van der Waals surface area (Å²) in [6.07, 6.45) is -0.554. The Morgan fingerprint density at radius 1 is 1.45 bits per heavy atom. The number of halogens is 4. The molecule has 2 unspecified atom stereocenters. The zero-order valence-electron chi connectivity index (χ0n) is 11.1. The highest BCUT2D eigenvalue weighted by atomic mass is 35.5. The molecule has 0 saturated heterocycles. The molecule has 0 amide bonds. The van der Waals surface area contributed by atoms with Crippen molar-refractivity contribution in [3.63, 3.8) is 0 Å². The Bertz CT molecular complexity index is 478. The number of nitrogens with zero attached hydrogens (tertiary/aromatic N) is 2. The van der Waals surface area contributed by atoms with Crippen molar-refractivity contribution in [2.24, 2.45) is 11.7 Å². The van der Waals surface area contributed by atoms with Gasteiger partial charge in [0.2, 0.25) is 0 Å². The number of aromatic nitrogens is 1. The highest BCUT2D eigenvalue weighted by Gasteiger charge is 2.34. The molecule has 1 aromatic heterocycles. The monoisotopic (exact) mass is 307 g/mol. The summed E-state index contributed by atoms with van der Waals surface area (Å²) in [6, 6.07) is 1.11. The summed E-state index contributed by atoms with van der Waals surface area (Å²) in [6.45, 7) is 0.563. The normalized spacial score (nSPS) is 23.1. The SMILES string of the molecule is CN(c1ncc(C(F)(F)F)cc1Cl)C1CCCC1CN. The summed E-state index contributed by atoms with van der Waals surface area (Å²) in [5.74, 6) is 0.713. The molecule has 1 aliphatic carbocycles. The Morgan fingerprint density at radius 2 is 2.15 bits per heavy atom. The highest BCUT2D eigenvalue weighted by molar-refractivity contribution is 6.33. The van der Waals surface area contributed by atoms with Crippen LogP contribution in [0.2, 0.25) is 5.02 Å². The van der Waals surface area contributed by atoms with Gasteiger partial charge in [-0.1, -0.05) is 18.0 Å². The van der Waals surface area contributed by atoms with Crippen LogP contribution in [0, 0.1) is 5.92 Å². The van der Waals surface area contributed by atoms with Gasteiger partial charge < -0.3 is 10.6 Å². The second-order valence-electron chi connectivity index (χ2n) is 5.13. The fourth-order valence-electron chi connectivity index (χ4n) is 2.80. The highest BCUT2D eigenvalue weighted by Crippen LogP contribution is 2.36. The largest absolute Gasteiger partial charge is 0.417 e. The average Bonchev–Trinajstić information content (AvgIpc) is 2.85. The molecule has 0 aromatic carbocycles. The van der Waals surface area contributed by atoms with Crippen molar-refractivity contribution < 1.29 is 13.2 Å². The molecule has 20 heavy (non-hydrogen) atoms. The molecule has 1 heterocycles. The first-order valence-electron chi connectivity index (χ1n) is 6.50. The number of nitrogens with two attached hydrogens (primary N) is 1. The van der Waals surface area contributed by atoms with Gasteiger partial charge in [-0.05, 0) is 31.4 Å². The molecule has 2 N–H and O–H groups in total. The third-order valence-electron chi connectivity index (χ3n) is 3.90. The average molecular weight is 308 g/mol. The summed E-state index contributed by atoms with van der Waals surface area (Å²) in [7, 11) is 1.81. The topological polar surface area (TPSA) is 42.2 Å². The lowest BCUT2D eigenvalue weighted by Crippen LogP contribution is -2.38. The molecule has 0 bridgehead atoms. The van der Waals surface area contributed by atoms with Crippen molar-refractivity contribution in [1.29, 1.82) is 0 Å². The third-order valence-corrected chi connectivity index (χ3v) is 4.18. The van der Waals surface area contributed by atoms with Crippen molar-refractivity contribution in [2.45, 2.75) is 31.5 Å². The van der Waals surface area contributed by atoms with Gasteiger partial charge in [0.25, 0.3) is 0 Å². The first-order chi connectivity index (χ1) is 9.34. The number of hydrogen-bond acceptors (Lipinski definition) is 3. The zero-order chi connectivity index (χ0) is 14.9. The van der Waals surface area contributed by atoms with Crippen LogP contribution in [-0.4, -0.2) is 24.6 Å². The van der Waals surface area contributed by atoms with E-state index in [2.05, 4.69) is 4.98 Å². The maximum atomic E-state index is 12.6. The molecule has 2 atom stereocenters. The Labute approximate surface area is 120 Å². The molecule has 1 aliphatic rings. The first-order valence-corrected chi connectivity index (χ1v) is 6.88. The van der Waals surface area contributed by atoms with Gasteiger partial charge in [0.15, 0.2) is 0 Å². The van der Waals surface area contributed by atoms with Crippen LogP contribution in [0.15, 0.2) is 12.3 Å². The smallest absolute Gasteiger partial charge is 0.355 e. The third kappa shape index (κ3) is 3.01. The molecule has 0 spiro atoms. The molecule has 7 heteroatoms. The van der Waals surface area contributed by atoms with Gasteiger partial charge in [0.05, 0.1) is 10.6 Å². The molecule has 1 aromatic rings. The minimum atomic E-state index is -4.43. The van der Waals surface area contributed by atoms with E-state index in [-0.39, 0.29) is 11.1 Å². The molecule has 112 valence electrons. The van der Waals surface area contributed by atoms with Gasteiger partial charge in [-0.25, -0.2) is 4.98 Å². The number of hydrogen-bond donors (Lipinski definition) is 1. The summed E-state index contributed by atoms with van der Waals surface area (Å²) in [5, 5.41) is 0.0185. The van der Waals surface area contributed by atoms with Crippen molar-refractivity contribution in [3.8, 4) is 0 Å². The van der Waals surface area contributed by atoms with E-state index in [4.69, 9.17) is 17.3 Å². The van der Waals surface area contributed by atoms with Gasteiger partial charge >= 0.3 is 6.18 Å². The molecule has 2 rings (SSSR count). The van der Waals surface area contributed by atoms with Crippen molar-refractivity contribution in [3.05, 3.63) is 22.8 Å². The summed E-state index contributed by atoms with van der Waals surface area (Å²) in [5.41, 5.74) is 4.90. The van der Waals surface area contributed by atoms with Crippen LogP contribution in [-0.2, 0) is 6.18 Å². The number of rotatable bonds is 3. The Hall–Kier alpha value is -1.01. The summed E-state index contributed by atoms with van der Waals surface area (Å²) in [4.78, 5) is 5.75. The van der Waals surface area contributed by atoms with Crippen LogP contribution in [0.4, 0.5) is 19.0 Å². The summed E-state index contributed by atoms with van der Waals surface area (Å²) < 4.78 is 37.8. The minimum Gasteiger partial charge on any atom is -0.355 e. The molecule has 3 nitrogen and oxygen atoms in total. The second-order valence-corrected chi connectivity index (χ2v) is 5.54. The van der Waals surface area contributed by atoms with E-state index in [0.717, 1.165) is 31.5 Å². The van der Waals surface area contributed by atoms with E-state index in [0.29, 0.717) is 18.3 Å². The van der Waals surface area contributed by atoms with Crippen molar-refractivity contribution in [1.82, 2.24) is 4.98 Å². The van der Waals surface area contributed by atoms with E-state index >= 15 is 0 Å². The predicted octanol–water partition coefficient (Wildman–Crippen LogP) is 3.32. The maximum absolute atomic E-state index is 12.6. The number of alkyl halides is 3. The molecule has 0 radical (unpaired) electrons. The number of anilines is 1. The van der Waals surface area contributed by atoms with Crippen molar-refractivity contribution in [2.75, 3.05) is 18.5 Å². The van der Waals surface area contributed by atoms with Crippen molar-refractivity contribution >= 4 is 17.4 Å². The fourth-order valence-corrected chi connectivity index (χ4v) is 3.10. The first kappa shape index (κ1) is 15.4. The van der Waals surface area contributed by atoms with Crippen LogP contribution >= 0.6 is 11.6 Å². The molecular formula is C13H17ClF3N3. The van der Waals surface area contributed by atoms with E-state index in [1.807, 2.05) is 4.90 Å². The Balaban J connectivity index is 2.24. The predicted molar refractivity (Wildman–Crippen MR) is 72.8 cm³/mol. The van der Waals surface area contributed by atoms with E-state index in [9.17, 15) is 13.2 Å². The molecule has 0 aliphatic heterocycles. The zero-order valence-corrected chi connectivity index (χ0v) is 11.9. The van der Waals surface area contributed by atoms with Gasteiger partial charge in [0, 0.05) is 19.3 Å². The van der Waals surface area contributed by atoms with E-state index in [1.54, 1.807) is 7.05 Å². The summed E-state index contributed by atoms with van der Waals surface area (Å²) >= 11 is 5.96. The molecule has 1 fully saturated rings. The standard InChI is InChI=1S/C13H17ClF3N3/c1-20(11-4-2-3-8(11)6-18)12-10(14)5-9(7-19-12)13(15,16)17/h5,7-8,11H,2-4,6,18H2,1H3. The lowest BCUT2D eigenvalue weighted by atomic mass is 10.0. The van der Waals surface area contributed by atoms with Crippen LogP contribution in [0.5, 0.6) is 0 Å². The quantitative estimate of drug-likeness (QED) is 0.931. The fraction of sp³-hybridized carbons (Fsp3) is 0.615. The van der Waals surface area contributed by atoms with E-state index < -0.39 is 11.7 Å². The van der Waals surface area contributed by atoms with E-state index in [1.165, 1.54) is 0 Å². The molecular weight excluding hydrogens is 291 g/mol. The van der Waals surface area contributed by atoms with Crippen LogP contribution in [0.3, 0.4) is 0 Å². The van der Waals surface area contributed by atoms with Gasteiger partial charge in [0.1, 0.15) is 5.82 Å². The lowest BCUT2D eigenvalue weighted by molar-refractivity contribution is -0.137. The molecule has 1 saturated carbocycles. The minimum absolute atomic E-state index is 0.0185. The Kier molecular flexibility index (Phi) is 4.44. The van der Waals surface area contributed by atoms with Gasteiger partial charge in [-0.15, -0.1) is 0 Å². The number of pyridine rings is 1. The van der Waals surface area contributed by atoms with Gasteiger partial charge in [-0.2, -0.15) is 13.2 Å². The van der Waals surface area contributed by atoms with Crippen LogP contribution in [0.25, 0.3) is 0 Å². The van der Waals surface area contributed by atoms with Crippen LogP contribution < -0.4 is 10.6 Å². The lowest BCUT2D eigenvalue weighted by Gasteiger charge is -2.30. The van der Waals surface area contributed by atoms with Crippen LogP contribution in [0.1, 0.15) is 24.8 Å². The second kappa shape index (κ2) is 5.77. The maximum Gasteiger partial charge on any atom is 0.417 e. The van der Waals surface area contributed by atoms with Gasteiger partial charge in [-0.3, -0.25) is 0 Å².